The van der Waals surface area contributed by atoms with E-state index in [4.69, 9.17) is 4.42 Å². The second-order valence-corrected chi connectivity index (χ2v) is 10.6. The number of nitriles is 1. The topological polar surface area (TPSA) is 103 Å². The second kappa shape index (κ2) is 10.00. The van der Waals surface area contributed by atoms with E-state index >= 15 is 0 Å². The molecule has 3 aromatic carbocycles. The first-order chi connectivity index (χ1) is 17.8. The van der Waals surface area contributed by atoms with Crippen molar-refractivity contribution in [2.75, 3.05) is 11.4 Å². The number of benzene rings is 3. The number of furan rings is 1. The molecule has 10 heteroatoms. The third-order valence-corrected chi connectivity index (χ3v) is 7.82. The number of carbonyl (C=O) groups is 1. The maximum absolute atomic E-state index is 13.6. The first-order valence-corrected chi connectivity index (χ1v) is 13.4. The number of fused-ring (bicyclic) bond motifs is 1. The lowest BCUT2D eigenvalue weighted by atomic mass is 10.00. The van der Waals surface area contributed by atoms with Gasteiger partial charge in [0.15, 0.2) is 0 Å². The van der Waals surface area contributed by atoms with Gasteiger partial charge in [-0.15, -0.1) is 0 Å². The van der Waals surface area contributed by atoms with Crippen molar-refractivity contribution < 1.29 is 22.0 Å². The summed E-state index contributed by atoms with van der Waals surface area (Å²) in [6.45, 7) is 0.0275. The number of hydrogen-bond acceptors (Lipinski definition) is 5. The highest BCUT2D eigenvalue weighted by Gasteiger charge is 2.32. The minimum atomic E-state index is -3.04. The zero-order chi connectivity index (χ0) is 26.3. The molecular formula is C27H21BrFN3O4S. The van der Waals surface area contributed by atoms with Gasteiger partial charge in [0.1, 0.15) is 23.2 Å². The van der Waals surface area contributed by atoms with Crippen molar-refractivity contribution >= 4 is 49.4 Å². The average Bonchev–Trinajstić information content (AvgIpc) is 3.67. The van der Waals surface area contributed by atoms with E-state index < -0.39 is 16.7 Å². The lowest BCUT2D eigenvalue weighted by molar-refractivity contribution is 0.0964. The Bertz CT molecular complexity index is 1650. The maximum Gasteiger partial charge on any atom is 0.255 e. The van der Waals surface area contributed by atoms with Crippen LogP contribution in [0, 0.1) is 17.1 Å². The molecule has 1 aromatic heterocycles. The van der Waals surface area contributed by atoms with Crippen LogP contribution in [-0.2, 0) is 17.4 Å². The van der Waals surface area contributed by atoms with E-state index in [1.54, 1.807) is 24.3 Å². The summed E-state index contributed by atoms with van der Waals surface area (Å²) in [7, 11) is -1.52. The Morgan fingerprint density at radius 2 is 1.92 bits per heavy atom. The van der Waals surface area contributed by atoms with Gasteiger partial charge in [-0.05, 0) is 88.3 Å². The predicted octanol–water partition coefficient (Wildman–Crippen LogP) is 5.64. The van der Waals surface area contributed by atoms with Gasteiger partial charge in [0, 0.05) is 28.5 Å². The molecule has 0 aliphatic heterocycles. The lowest BCUT2D eigenvalue weighted by Crippen LogP contribution is -2.22. The number of anilines is 1. The molecule has 188 valence electrons. The molecule has 0 spiro atoms. The minimum Gasteiger partial charge on any atom is -0.455 e. The second-order valence-electron chi connectivity index (χ2n) is 8.80. The van der Waals surface area contributed by atoms with Crippen LogP contribution in [0.1, 0.15) is 45.8 Å². The van der Waals surface area contributed by atoms with E-state index in [0.29, 0.717) is 43.4 Å². The Kier molecular flexibility index (Phi) is 6.75. The van der Waals surface area contributed by atoms with Crippen molar-refractivity contribution in [3.63, 3.8) is 0 Å². The Morgan fingerprint density at radius 3 is 2.54 bits per heavy atom. The fraction of sp³-hybridized carbons (Fsp3) is 0.185. The Balaban J connectivity index is 1.69. The van der Waals surface area contributed by atoms with Crippen molar-refractivity contribution in [3.05, 3.63) is 87.1 Å². The third-order valence-electron chi connectivity index (χ3n) is 6.37. The number of nitrogens with zero attached hydrogens (tertiary/aromatic N) is 2. The van der Waals surface area contributed by atoms with Gasteiger partial charge >= 0.3 is 0 Å². The number of nitrogens with one attached hydrogen (secondary N) is 1. The van der Waals surface area contributed by atoms with Crippen LogP contribution in [0.5, 0.6) is 0 Å². The summed E-state index contributed by atoms with van der Waals surface area (Å²) in [6.07, 6.45) is 1.80. The van der Waals surface area contributed by atoms with Gasteiger partial charge in [-0.3, -0.25) is 9.10 Å². The number of rotatable bonds is 7. The summed E-state index contributed by atoms with van der Waals surface area (Å²) in [5, 5.41) is 12.6. The van der Waals surface area contributed by atoms with E-state index in [2.05, 4.69) is 27.3 Å². The molecular weight excluding hydrogens is 561 g/mol. The molecule has 37 heavy (non-hydrogen) atoms. The molecule has 0 unspecified atom stereocenters. The highest BCUT2D eigenvalue weighted by molar-refractivity contribution is 9.10. The normalized spacial score (nSPS) is 13.1. The molecule has 1 aliphatic carbocycles. The van der Waals surface area contributed by atoms with Crippen molar-refractivity contribution in [2.24, 2.45) is 0 Å². The summed E-state index contributed by atoms with van der Waals surface area (Å²) in [6, 6.07) is 16.3. The fourth-order valence-electron chi connectivity index (χ4n) is 4.41. The third kappa shape index (κ3) is 4.84. The van der Waals surface area contributed by atoms with Gasteiger partial charge in [0.25, 0.3) is 5.91 Å². The van der Waals surface area contributed by atoms with Crippen LogP contribution in [0.2, 0.25) is 0 Å². The molecule has 1 fully saturated rings. The standard InChI is InChI=1S/C27H21BrFN3O4S/c1-31-27(33)25-21-11-20(16-3-4-16)23(12-24(21)36-26(25)17-5-7-19(29)8-6-17)32(37(34)35)14-15-2-9-22(28)18(10-15)13-30/h2,5-12,16,37H,3-4,14H2,1H3,(H,31,33). The van der Waals surface area contributed by atoms with Crippen LogP contribution in [0.25, 0.3) is 22.3 Å². The van der Waals surface area contributed by atoms with Crippen molar-refractivity contribution in [1.82, 2.24) is 5.32 Å². The molecule has 1 amide bonds. The number of hydrogen-bond donors (Lipinski definition) is 2. The summed E-state index contributed by atoms with van der Waals surface area (Å²) in [4.78, 5) is 12.9. The SMILES string of the molecule is CNC(=O)c1c(-c2ccc(F)cc2)oc2cc(N(Cc3ccc(Br)c(C#N)c3)[SH](=O)=O)c(C3CC3)cc12. The molecule has 1 aliphatic rings. The Morgan fingerprint density at radius 1 is 1.19 bits per heavy atom. The maximum atomic E-state index is 13.6. The van der Waals surface area contributed by atoms with Crippen LogP contribution in [0.3, 0.4) is 0 Å². The van der Waals surface area contributed by atoms with Gasteiger partial charge in [-0.25, -0.2) is 12.8 Å². The van der Waals surface area contributed by atoms with Crippen LogP contribution < -0.4 is 9.62 Å². The fourth-order valence-corrected chi connectivity index (χ4v) is 5.37. The number of halogens is 2. The first-order valence-electron chi connectivity index (χ1n) is 11.5. The lowest BCUT2D eigenvalue weighted by Gasteiger charge is -2.21. The molecule has 7 nitrogen and oxygen atoms in total. The smallest absolute Gasteiger partial charge is 0.255 e. The zero-order valence-corrected chi connectivity index (χ0v) is 22.1. The van der Waals surface area contributed by atoms with E-state index in [9.17, 15) is 22.9 Å². The molecule has 0 saturated heterocycles. The van der Waals surface area contributed by atoms with Gasteiger partial charge in [-0.2, -0.15) is 5.26 Å². The minimum absolute atomic E-state index is 0.0275. The predicted molar refractivity (Wildman–Crippen MR) is 142 cm³/mol. The molecule has 5 rings (SSSR count). The monoisotopic (exact) mass is 581 g/mol. The first kappa shape index (κ1) is 25.0. The molecule has 1 heterocycles. The number of carbonyl (C=O) groups excluding carboxylic acids is 1. The molecule has 0 bridgehead atoms. The summed E-state index contributed by atoms with van der Waals surface area (Å²) in [5.41, 5.74) is 3.50. The van der Waals surface area contributed by atoms with Crippen LogP contribution in [0.4, 0.5) is 10.1 Å². The van der Waals surface area contributed by atoms with Crippen LogP contribution in [-0.4, -0.2) is 21.4 Å². The average molecular weight is 582 g/mol. The quantitative estimate of drug-likeness (QED) is 0.275. The van der Waals surface area contributed by atoms with Crippen LogP contribution in [0.15, 0.2) is 63.5 Å². The van der Waals surface area contributed by atoms with Gasteiger partial charge in [0.05, 0.1) is 23.4 Å². The summed E-state index contributed by atoms with van der Waals surface area (Å²) < 4.78 is 46.6. The highest BCUT2D eigenvalue weighted by atomic mass is 79.9. The molecule has 4 aromatic rings. The number of amides is 1. The molecule has 0 atom stereocenters. The summed E-state index contributed by atoms with van der Waals surface area (Å²) in [5.74, 6) is -0.351. The van der Waals surface area contributed by atoms with Crippen molar-refractivity contribution in [3.8, 4) is 17.4 Å². The molecule has 1 N–H and O–H groups in total. The van der Waals surface area contributed by atoms with Crippen molar-refractivity contribution in [2.45, 2.75) is 25.3 Å². The zero-order valence-electron chi connectivity index (χ0n) is 19.6. The van der Waals surface area contributed by atoms with E-state index in [0.717, 1.165) is 18.4 Å². The molecule has 0 radical (unpaired) electrons. The molecule has 1 saturated carbocycles. The van der Waals surface area contributed by atoms with Gasteiger partial charge < -0.3 is 9.73 Å². The van der Waals surface area contributed by atoms with Crippen LogP contribution >= 0.6 is 15.9 Å². The van der Waals surface area contributed by atoms with Crippen molar-refractivity contribution in [1.29, 1.82) is 5.26 Å². The van der Waals surface area contributed by atoms with E-state index in [1.165, 1.54) is 35.6 Å². The van der Waals surface area contributed by atoms with Gasteiger partial charge in [0.2, 0.25) is 10.9 Å². The largest absolute Gasteiger partial charge is 0.455 e. The van der Waals surface area contributed by atoms with E-state index in [1.807, 2.05) is 6.07 Å². The van der Waals surface area contributed by atoms with E-state index in [-0.39, 0.29) is 24.1 Å². The summed E-state index contributed by atoms with van der Waals surface area (Å²) >= 11 is 3.33. The highest BCUT2D eigenvalue weighted by Crippen LogP contribution is 2.48. The number of thiol groups is 1. The Hall–Kier alpha value is -3.68. The van der Waals surface area contributed by atoms with Gasteiger partial charge in [-0.1, -0.05) is 6.07 Å². The Labute approximate surface area is 222 Å².